The SMILES string of the molecule is Cc1cc(-n2c(N3CCN(C(C)c4ccccc4)C3=O)nc3c(c2=O)CCN(C(=O)OC(C)(C)C)[C@H]3C)cc(C)c1F. The quantitative estimate of drug-likeness (QED) is 0.390. The van der Waals surface area contributed by atoms with Crippen molar-refractivity contribution in [2.75, 3.05) is 24.5 Å². The van der Waals surface area contributed by atoms with Crippen molar-refractivity contribution in [2.45, 2.75) is 72.6 Å². The van der Waals surface area contributed by atoms with Crippen molar-refractivity contribution in [3.63, 3.8) is 0 Å². The molecule has 42 heavy (non-hydrogen) atoms. The number of hydrogen-bond acceptors (Lipinski definition) is 5. The van der Waals surface area contributed by atoms with E-state index in [1.54, 1.807) is 56.6 Å². The average Bonchev–Trinajstić information content (AvgIpc) is 3.31. The number of nitrogens with zero attached hydrogens (tertiary/aromatic N) is 5. The fraction of sp³-hybridized carbons (Fsp3) is 0.438. The first-order valence-corrected chi connectivity index (χ1v) is 14.3. The fourth-order valence-corrected chi connectivity index (χ4v) is 5.76. The van der Waals surface area contributed by atoms with Crippen molar-refractivity contribution in [3.05, 3.63) is 86.6 Å². The van der Waals surface area contributed by atoms with E-state index in [0.29, 0.717) is 41.2 Å². The summed E-state index contributed by atoms with van der Waals surface area (Å²) in [4.78, 5) is 51.0. The van der Waals surface area contributed by atoms with Gasteiger partial charge in [-0.3, -0.25) is 14.6 Å². The van der Waals surface area contributed by atoms with E-state index in [1.165, 1.54) is 9.47 Å². The average molecular weight is 576 g/mol. The molecule has 2 aromatic carbocycles. The molecular weight excluding hydrogens is 537 g/mol. The van der Waals surface area contributed by atoms with E-state index in [9.17, 15) is 18.8 Å². The number of carbonyl (C=O) groups is 2. The number of fused-ring (bicyclic) bond motifs is 1. The normalized spacial score (nSPS) is 17.9. The lowest BCUT2D eigenvalue weighted by atomic mass is 10.00. The minimum absolute atomic E-state index is 0.148. The predicted octanol–water partition coefficient (Wildman–Crippen LogP) is 5.85. The van der Waals surface area contributed by atoms with E-state index in [2.05, 4.69) is 0 Å². The van der Waals surface area contributed by atoms with Crippen LogP contribution in [0, 0.1) is 19.7 Å². The van der Waals surface area contributed by atoms with Crippen molar-refractivity contribution in [2.24, 2.45) is 0 Å². The van der Waals surface area contributed by atoms with Gasteiger partial charge in [0.15, 0.2) is 0 Å². The fourth-order valence-electron chi connectivity index (χ4n) is 5.76. The van der Waals surface area contributed by atoms with Crippen molar-refractivity contribution >= 4 is 18.1 Å². The summed E-state index contributed by atoms with van der Waals surface area (Å²) in [5, 5.41) is 0. The molecule has 5 rings (SSSR count). The lowest BCUT2D eigenvalue weighted by Crippen LogP contribution is -2.46. The molecule has 0 saturated carbocycles. The van der Waals surface area contributed by atoms with Gasteiger partial charge in [0, 0.05) is 25.2 Å². The molecule has 10 heteroatoms. The molecule has 0 aliphatic carbocycles. The number of anilines is 1. The molecule has 1 fully saturated rings. The van der Waals surface area contributed by atoms with E-state index >= 15 is 0 Å². The molecule has 3 heterocycles. The third-order valence-electron chi connectivity index (χ3n) is 8.00. The Morgan fingerprint density at radius 2 is 1.69 bits per heavy atom. The molecule has 1 saturated heterocycles. The lowest BCUT2D eigenvalue weighted by Gasteiger charge is -2.36. The van der Waals surface area contributed by atoms with Crippen LogP contribution >= 0.6 is 0 Å². The highest BCUT2D eigenvalue weighted by molar-refractivity contribution is 5.93. The number of aromatic nitrogens is 2. The van der Waals surface area contributed by atoms with Gasteiger partial charge in [0.05, 0.1) is 23.5 Å². The van der Waals surface area contributed by atoms with Gasteiger partial charge in [-0.1, -0.05) is 30.3 Å². The van der Waals surface area contributed by atoms with Crippen LogP contribution in [0.4, 0.5) is 19.9 Å². The molecule has 1 unspecified atom stereocenters. The second-order valence-corrected chi connectivity index (χ2v) is 12.1. The molecule has 2 atom stereocenters. The third kappa shape index (κ3) is 5.26. The molecule has 0 N–H and O–H groups in total. The Morgan fingerprint density at radius 1 is 1.05 bits per heavy atom. The van der Waals surface area contributed by atoms with Gasteiger partial charge in [0.1, 0.15) is 11.4 Å². The van der Waals surface area contributed by atoms with Gasteiger partial charge in [-0.15, -0.1) is 0 Å². The summed E-state index contributed by atoms with van der Waals surface area (Å²) in [6, 6.07) is 11.9. The number of benzene rings is 2. The van der Waals surface area contributed by atoms with Crippen LogP contribution in [0.1, 0.15) is 74.7 Å². The van der Waals surface area contributed by atoms with Gasteiger partial charge in [0.2, 0.25) is 5.95 Å². The number of rotatable bonds is 4. The van der Waals surface area contributed by atoms with Crippen LogP contribution in [-0.2, 0) is 11.2 Å². The summed E-state index contributed by atoms with van der Waals surface area (Å²) in [5.74, 6) is -0.198. The highest BCUT2D eigenvalue weighted by atomic mass is 19.1. The van der Waals surface area contributed by atoms with Gasteiger partial charge in [-0.05, 0) is 83.7 Å². The summed E-state index contributed by atoms with van der Waals surface area (Å²) in [5.41, 5.74) is 2.08. The second-order valence-electron chi connectivity index (χ2n) is 12.1. The van der Waals surface area contributed by atoms with Crippen LogP contribution in [0.3, 0.4) is 0 Å². The number of carbonyl (C=O) groups excluding carboxylic acids is 2. The third-order valence-corrected chi connectivity index (χ3v) is 8.00. The Morgan fingerprint density at radius 3 is 2.31 bits per heavy atom. The molecule has 9 nitrogen and oxygen atoms in total. The maximum atomic E-state index is 14.6. The molecule has 222 valence electrons. The van der Waals surface area contributed by atoms with Crippen LogP contribution in [0.25, 0.3) is 5.69 Å². The van der Waals surface area contributed by atoms with Crippen LogP contribution < -0.4 is 10.5 Å². The summed E-state index contributed by atoms with van der Waals surface area (Å²) in [7, 11) is 0. The summed E-state index contributed by atoms with van der Waals surface area (Å²) >= 11 is 0. The predicted molar refractivity (Wildman–Crippen MR) is 159 cm³/mol. The number of hydrogen-bond donors (Lipinski definition) is 0. The zero-order valence-electron chi connectivity index (χ0n) is 25.3. The first kappa shape index (κ1) is 29.3. The highest BCUT2D eigenvalue weighted by Gasteiger charge is 2.39. The Balaban J connectivity index is 1.63. The monoisotopic (exact) mass is 575 g/mol. The first-order valence-electron chi connectivity index (χ1n) is 14.3. The van der Waals surface area contributed by atoms with Crippen molar-refractivity contribution < 1.29 is 18.7 Å². The van der Waals surface area contributed by atoms with Gasteiger partial charge in [0.25, 0.3) is 5.56 Å². The largest absolute Gasteiger partial charge is 0.444 e. The summed E-state index contributed by atoms with van der Waals surface area (Å²) in [6.45, 7) is 13.5. The number of halogens is 1. The molecule has 0 bridgehead atoms. The Labute approximate surface area is 245 Å². The zero-order valence-corrected chi connectivity index (χ0v) is 25.3. The minimum Gasteiger partial charge on any atom is -0.444 e. The maximum absolute atomic E-state index is 14.6. The topological polar surface area (TPSA) is 88.0 Å². The lowest BCUT2D eigenvalue weighted by molar-refractivity contribution is 0.0154. The van der Waals surface area contributed by atoms with Crippen LogP contribution in [0.15, 0.2) is 47.3 Å². The highest BCUT2D eigenvalue weighted by Crippen LogP contribution is 2.33. The first-order chi connectivity index (χ1) is 19.8. The minimum atomic E-state index is -0.682. The second kappa shape index (κ2) is 10.9. The maximum Gasteiger partial charge on any atom is 0.410 e. The van der Waals surface area contributed by atoms with Gasteiger partial charge >= 0.3 is 12.1 Å². The number of amides is 3. The van der Waals surface area contributed by atoms with E-state index < -0.39 is 17.7 Å². The van der Waals surface area contributed by atoms with Crippen LogP contribution in [0.5, 0.6) is 0 Å². The molecule has 3 amide bonds. The number of ether oxygens (including phenoxy) is 1. The van der Waals surface area contributed by atoms with Crippen molar-refractivity contribution in [3.8, 4) is 5.69 Å². The van der Waals surface area contributed by atoms with E-state index in [4.69, 9.17) is 9.72 Å². The van der Waals surface area contributed by atoms with E-state index in [1.807, 2.05) is 44.2 Å². The summed E-state index contributed by atoms with van der Waals surface area (Å²) in [6.07, 6.45) is -0.215. The van der Waals surface area contributed by atoms with E-state index in [-0.39, 0.29) is 42.4 Å². The Hall–Kier alpha value is -4.21. The van der Waals surface area contributed by atoms with Gasteiger partial charge in [-0.25, -0.2) is 23.5 Å². The van der Waals surface area contributed by atoms with Crippen LogP contribution in [-0.4, -0.2) is 56.7 Å². The zero-order chi connectivity index (χ0) is 30.5. The van der Waals surface area contributed by atoms with Crippen molar-refractivity contribution in [1.29, 1.82) is 0 Å². The smallest absolute Gasteiger partial charge is 0.410 e. The Kier molecular flexibility index (Phi) is 7.59. The number of aryl methyl sites for hydroxylation is 2. The standard InChI is InChI=1S/C32H38FN5O4/c1-19-17-24(18-20(2)26(19)33)38-28(39)25-13-14-36(31(41)42-32(5,6)7)22(4)27(25)34-29(38)37-16-15-35(30(37)40)21(3)23-11-9-8-10-12-23/h8-12,17-18,21-22H,13-16H2,1-7H3/t21?,22-/m0/s1. The molecule has 0 spiro atoms. The molecule has 2 aliphatic heterocycles. The molecule has 2 aliphatic rings. The van der Waals surface area contributed by atoms with Gasteiger partial charge in [-0.2, -0.15) is 0 Å². The van der Waals surface area contributed by atoms with Crippen molar-refractivity contribution in [1.82, 2.24) is 19.4 Å². The van der Waals surface area contributed by atoms with Crippen LogP contribution in [0.2, 0.25) is 0 Å². The van der Waals surface area contributed by atoms with Gasteiger partial charge < -0.3 is 9.64 Å². The molecule has 1 aromatic heterocycles. The summed E-state index contributed by atoms with van der Waals surface area (Å²) < 4.78 is 21.7. The van der Waals surface area contributed by atoms with E-state index in [0.717, 1.165) is 5.56 Å². The molecule has 3 aromatic rings. The molecule has 0 radical (unpaired) electrons. The number of urea groups is 1. The Bertz CT molecular complexity index is 1570. The molecular formula is C32H38FN5O4.